The lowest BCUT2D eigenvalue weighted by atomic mass is 9.93. The van der Waals surface area contributed by atoms with E-state index in [4.69, 9.17) is 16.3 Å². The van der Waals surface area contributed by atoms with Crippen LogP contribution in [0.15, 0.2) is 24.3 Å². The molecule has 1 fully saturated rings. The Morgan fingerprint density at radius 3 is 2.95 bits per heavy atom. The van der Waals surface area contributed by atoms with Gasteiger partial charge in [-0.2, -0.15) is 0 Å². The summed E-state index contributed by atoms with van der Waals surface area (Å²) in [6, 6.07) is 7.30. The summed E-state index contributed by atoms with van der Waals surface area (Å²) in [4.78, 5) is 14.1. The molecule has 116 valence electrons. The van der Waals surface area contributed by atoms with Gasteiger partial charge >= 0.3 is 0 Å². The molecular formula is C16H23ClN2O2. The molecule has 1 aliphatic rings. The van der Waals surface area contributed by atoms with Crippen LogP contribution in [0.2, 0.25) is 5.02 Å². The number of piperidine rings is 1. The molecule has 5 heteroatoms. The smallest absolute Gasteiger partial charge is 0.239 e. The Hall–Kier alpha value is -1.26. The van der Waals surface area contributed by atoms with E-state index in [9.17, 15) is 4.79 Å². The highest BCUT2D eigenvalue weighted by atomic mass is 35.5. The van der Waals surface area contributed by atoms with E-state index in [0.717, 1.165) is 19.4 Å². The zero-order chi connectivity index (χ0) is 15.2. The molecule has 1 saturated heterocycles. The molecule has 0 aliphatic carbocycles. The van der Waals surface area contributed by atoms with Crippen molar-refractivity contribution >= 4 is 17.5 Å². The fraction of sp³-hybridized carbons (Fsp3) is 0.562. The summed E-state index contributed by atoms with van der Waals surface area (Å²) in [5.41, 5.74) is 0. The quantitative estimate of drug-likeness (QED) is 0.909. The third kappa shape index (κ3) is 4.61. The molecule has 4 nitrogen and oxygen atoms in total. The molecule has 1 aromatic carbocycles. The van der Waals surface area contributed by atoms with Gasteiger partial charge in [-0.15, -0.1) is 0 Å². The van der Waals surface area contributed by atoms with Crippen LogP contribution in [-0.2, 0) is 4.79 Å². The molecule has 2 unspecified atom stereocenters. The lowest BCUT2D eigenvalue weighted by Gasteiger charge is -2.30. The second kappa shape index (κ2) is 7.66. The number of ether oxygens (including phenoxy) is 1. The second-order valence-corrected chi connectivity index (χ2v) is 6.08. The topological polar surface area (TPSA) is 41.6 Å². The molecule has 1 heterocycles. The third-order valence-electron chi connectivity index (χ3n) is 3.86. The minimum Gasteiger partial charge on any atom is -0.490 e. The van der Waals surface area contributed by atoms with E-state index in [2.05, 4.69) is 12.2 Å². The molecule has 0 bridgehead atoms. The van der Waals surface area contributed by atoms with Crippen molar-refractivity contribution in [3.63, 3.8) is 0 Å². The van der Waals surface area contributed by atoms with Gasteiger partial charge in [0.2, 0.25) is 5.91 Å². The highest BCUT2D eigenvalue weighted by Crippen LogP contribution is 2.23. The number of hydrogen-bond donors (Lipinski definition) is 1. The molecule has 0 spiro atoms. The molecular weight excluding hydrogens is 288 g/mol. The van der Waals surface area contributed by atoms with Crippen LogP contribution in [0, 0.1) is 5.92 Å². The molecule has 0 aromatic heterocycles. The molecule has 2 rings (SSSR count). The molecule has 2 atom stereocenters. The zero-order valence-electron chi connectivity index (χ0n) is 12.6. The predicted octanol–water partition coefficient (Wildman–Crippen LogP) is 2.57. The van der Waals surface area contributed by atoms with Crippen molar-refractivity contribution in [3.05, 3.63) is 29.3 Å². The van der Waals surface area contributed by atoms with E-state index in [1.165, 1.54) is 0 Å². The molecule has 1 N–H and O–H groups in total. The minimum atomic E-state index is -0.0564. The van der Waals surface area contributed by atoms with Crippen LogP contribution in [0.25, 0.3) is 0 Å². The Balaban J connectivity index is 1.77. The Bertz CT molecular complexity index is 481. The van der Waals surface area contributed by atoms with Crippen molar-refractivity contribution in [1.82, 2.24) is 10.2 Å². The van der Waals surface area contributed by atoms with Gasteiger partial charge in [0.25, 0.3) is 0 Å². The number of carbonyl (C=O) groups excluding carboxylic acids is 1. The summed E-state index contributed by atoms with van der Waals surface area (Å²) in [5, 5.41) is 3.89. The van der Waals surface area contributed by atoms with E-state index >= 15 is 0 Å². The van der Waals surface area contributed by atoms with E-state index in [0.29, 0.717) is 29.8 Å². The van der Waals surface area contributed by atoms with Crippen LogP contribution in [0.3, 0.4) is 0 Å². The SMILES string of the molecule is CC1CCNC(C(=O)N(C)CCOc2ccccc2Cl)C1. The summed E-state index contributed by atoms with van der Waals surface area (Å²) >= 11 is 6.02. The summed E-state index contributed by atoms with van der Waals surface area (Å²) in [6.45, 7) is 4.11. The first kappa shape index (κ1) is 16.1. The standard InChI is InChI=1S/C16H23ClN2O2/c1-12-7-8-18-14(11-12)16(20)19(2)9-10-21-15-6-4-3-5-13(15)17/h3-6,12,14,18H,7-11H2,1-2H3. The first-order valence-corrected chi connectivity index (χ1v) is 7.81. The molecule has 0 radical (unpaired) electrons. The van der Waals surface area contributed by atoms with Crippen LogP contribution >= 0.6 is 11.6 Å². The molecule has 0 saturated carbocycles. The summed E-state index contributed by atoms with van der Waals surface area (Å²) in [7, 11) is 1.82. The summed E-state index contributed by atoms with van der Waals surface area (Å²) in [6.07, 6.45) is 2.05. The van der Waals surface area contributed by atoms with Crippen LogP contribution < -0.4 is 10.1 Å². The zero-order valence-corrected chi connectivity index (χ0v) is 13.4. The van der Waals surface area contributed by atoms with Gasteiger partial charge in [0.1, 0.15) is 12.4 Å². The fourth-order valence-electron chi connectivity index (χ4n) is 2.53. The fourth-order valence-corrected chi connectivity index (χ4v) is 2.72. The number of amides is 1. The highest BCUT2D eigenvalue weighted by molar-refractivity contribution is 6.32. The van der Waals surface area contributed by atoms with E-state index in [1.807, 2.05) is 25.2 Å². The van der Waals surface area contributed by atoms with Crippen molar-refractivity contribution in [2.75, 3.05) is 26.7 Å². The van der Waals surface area contributed by atoms with Gasteiger partial charge in [-0.05, 0) is 37.4 Å². The first-order valence-electron chi connectivity index (χ1n) is 7.43. The van der Waals surface area contributed by atoms with E-state index in [1.54, 1.807) is 11.0 Å². The number of halogens is 1. The number of hydrogen-bond acceptors (Lipinski definition) is 3. The van der Waals surface area contributed by atoms with E-state index in [-0.39, 0.29) is 11.9 Å². The Morgan fingerprint density at radius 1 is 1.48 bits per heavy atom. The maximum Gasteiger partial charge on any atom is 0.239 e. The van der Waals surface area contributed by atoms with E-state index < -0.39 is 0 Å². The maximum atomic E-state index is 12.3. The predicted molar refractivity (Wildman–Crippen MR) is 84.8 cm³/mol. The first-order chi connectivity index (χ1) is 10.1. The lowest BCUT2D eigenvalue weighted by molar-refractivity contribution is -0.133. The Labute approximate surface area is 131 Å². The van der Waals surface area contributed by atoms with Gasteiger partial charge in [0, 0.05) is 7.05 Å². The van der Waals surface area contributed by atoms with Gasteiger partial charge in [-0.1, -0.05) is 30.7 Å². The molecule has 21 heavy (non-hydrogen) atoms. The normalized spacial score (nSPS) is 21.9. The number of rotatable bonds is 5. The lowest BCUT2D eigenvalue weighted by Crippen LogP contribution is -2.49. The second-order valence-electron chi connectivity index (χ2n) is 5.67. The molecule has 1 aromatic rings. The number of carbonyl (C=O) groups is 1. The van der Waals surface area contributed by atoms with Crippen LogP contribution in [0.1, 0.15) is 19.8 Å². The van der Waals surface area contributed by atoms with Crippen molar-refractivity contribution in [1.29, 1.82) is 0 Å². The van der Waals surface area contributed by atoms with Gasteiger partial charge in [-0.25, -0.2) is 0 Å². The molecule has 1 aliphatic heterocycles. The number of nitrogens with zero attached hydrogens (tertiary/aromatic N) is 1. The van der Waals surface area contributed by atoms with Crippen molar-refractivity contribution < 1.29 is 9.53 Å². The summed E-state index contributed by atoms with van der Waals surface area (Å²) in [5.74, 6) is 1.40. The average molecular weight is 311 g/mol. The van der Waals surface area contributed by atoms with Gasteiger partial charge in [-0.3, -0.25) is 4.79 Å². The monoisotopic (exact) mass is 310 g/mol. The Kier molecular flexibility index (Phi) is 5.88. The number of benzene rings is 1. The number of likely N-dealkylation sites (N-methyl/N-ethyl adjacent to an activating group) is 1. The maximum absolute atomic E-state index is 12.3. The summed E-state index contributed by atoms with van der Waals surface area (Å²) < 4.78 is 5.62. The molecule has 1 amide bonds. The van der Waals surface area contributed by atoms with Crippen LogP contribution in [-0.4, -0.2) is 43.6 Å². The van der Waals surface area contributed by atoms with Gasteiger partial charge < -0.3 is 15.0 Å². The van der Waals surface area contributed by atoms with Gasteiger partial charge in [0.15, 0.2) is 0 Å². The van der Waals surface area contributed by atoms with Crippen LogP contribution in [0.5, 0.6) is 5.75 Å². The Morgan fingerprint density at radius 2 is 2.24 bits per heavy atom. The third-order valence-corrected chi connectivity index (χ3v) is 4.17. The van der Waals surface area contributed by atoms with Crippen LogP contribution in [0.4, 0.5) is 0 Å². The van der Waals surface area contributed by atoms with Crippen molar-refractivity contribution in [2.45, 2.75) is 25.8 Å². The average Bonchev–Trinajstić information content (AvgIpc) is 2.48. The van der Waals surface area contributed by atoms with Crippen molar-refractivity contribution in [3.8, 4) is 5.75 Å². The number of nitrogens with one attached hydrogen (secondary N) is 1. The van der Waals surface area contributed by atoms with Crippen molar-refractivity contribution in [2.24, 2.45) is 5.92 Å². The largest absolute Gasteiger partial charge is 0.490 e. The van der Waals surface area contributed by atoms with Gasteiger partial charge in [0.05, 0.1) is 17.6 Å². The minimum absolute atomic E-state index is 0.0564. The highest BCUT2D eigenvalue weighted by Gasteiger charge is 2.26. The number of para-hydroxylation sites is 1.